The lowest BCUT2D eigenvalue weighted by Gasteiger charge is -2.26. The topological polar surface area (TPSA) is 95.2 Å². The van der Waals surface area contributed by atoms with E-state index in [1.807, 2.05) is 0 Å². The molecule has 0 aromatic carbocycles. The second-order valence-corrected chi connectivity index (χ2v) is 4.58. The Morgan fingerprint density at radius 3 is 2.67 bits per heavy atom. The van der Waals surface area contributed by atoms with Crippen molar-refractivity contribution in [3.63, 3.8) is 0 Å². The Kier molecular flexibility index (Phi) is 4.14. The molecule has 1 fully saturated rings. The van der Waals surface area contributed by atoms with E-state index in [-0.39, 0.29) is 24.1 Å². The van der Waals surface area contributed by atoms with Gasteiger partial charge in [-0.1, -0.05) is 13.3 Å². The fourth-order valence-electron chi connectivity index (χ4n) is 2.18. The molecule has 7 nitrogen and oxygen atoms in total. The summed E-state index contributed by atoms with van der Waals surface area (Å²) in [7, 11) is 1.49. The molecule has 100 valence electrons. The standard InChI is InChI=1S/C11H19N5O2/c1-7-4-3-5-8(6-7)18-11-14-9(16-12)13-10(15-11)17-2/h7-8H,3-6,12H2,1-2H3,(H,13,14,15,16). The first-order chi connectivity index (χ1) is 8.71. The van der Waals surface area contributed by atoms with E-state index in [1.165, 1.54) is 20.0 Å². The van der Waals surface area contributed by atoms with Crippen molar-refractivity contribution in [2.24, 2.45) is 11.8 Å². The van der Waals surface area contributed by atoms with Crippen LogP contribution in [-0.4, -0.2) is 28.2 Å². The number of hydrogen-bond acceptors (Lipinski definition) is 7. The van der Waals surface area contributed by atoms with Crippen LogP contribution in [0.4, 0.5) is 5.95 Å². The van der Waals surface area contributed by atoms with Crippen LogP contribution in [0.5, 0.6) is 12.0 Å². The molecule has 2 atom stereocenters. The van der Waals surface area contributed by atoms with Crippen molar-refractivity contribution in [1.82, 2.24) is 15.0 Å². The summed E-state index contributed by atoms with van der Waals surface area (Å²) in [6.07, 6.45) is 4.65. The average Bonchev–Trinajstić information content (AvgIpc) is 2.38. The summed E-state index contributed by atoms with van der Waals surface area (Å²) in [6, 6.07) is 0.450. The van der Waals surface area contributed by atoms with Crippen LogP contribution in [0.3, 0.4) is 0 Å². The molecule has 0 spiro atoms. The van der Waals surface area contributed by atoms with E-state index in [9.17, 15) is 0 Å². The van der Waals surface area contributed by atoms with Crippen LogP contribution >= 0.6 is 0 Å². The van der Waals surface area contributed by atoms with Crippen LogP contribution in [0.2, 0.25) is 0 Å². The fraction of sp³-hybridized carbons (Fsp3) is 0.727. The number of rotatable bonds is 4. The van der Waals surface area contributed by atoms with E-state index in [2.05, 4.69) is 27.3 Å². The predicted molar refractivity (Wildman–Crippen MR) is 66.2 cm³/mol. The van der Waals surface area contributed by atoms with E-state index in [0.717, 1.165) is 12.8 Å². The van der Waals surface area contributed by atoms with Gasteiger partial charge in [0, 0.05) is 0 Å². The maximum absolute atomic E-state index is 5.77. The zero-order chi connectivity index (χ0) is 13.0. The van der Waals surface area contributed by atoms with Crippen LogP contribution in [-0.2, 0) is 0 Å². The maximum Gasteiger partial charge on any atom is 0.324 e. The van der Waals surface area contributed by atoms with E-state index in [1.54, 1.807) is 0 Å². The molecule has 0 saturated heterocycles. The van der Waals surface area contributed by atoms with Gasteiger partial charge in [-0.05, 0) is 25.2 Å². The number of methoxy groups -OCH3 is 1. The lowest BCUT2D eigenvalue weighted by Crippen LogP contribution is -2.25. The second kappa shape index (κ2) is 5.81. The molecule has 0 radical (unpaired) electrons. The van der Waals surface area contributed by atoms with Gasteiger partial charge in [0.1, 0.15) is 6.10 Å². The molecule has 2 rings (SSSR count). The number of nitrogens with zero attached hydrogens (tertiary/aromatic N) is 3. The van der Waals surface area contributed by atoms with Crippen molar-refractivity contribution in [1.29, 1.82) is 0 Å². The average molecular weight is 253 g/mol. The van der Waals surface area contributed by atoms with Gasteiger partial charge < -0.3 is 9.47 Å². The molecule has 0 amide bonds. The smallest absolute Gasteiger partial charge is 0.324 e. The number of nitrogens with one attached hydrogen (secondary N) is 1. The van der Waals surface area contributed by atoms with Crippen molar-refractivity contribution >= 4 is 5.95 Å². The minimum Gasteiger partial charge on any atom is -0.467 e. The lowest BCUT2D eigenvalue weighted by atomic mass is 9.89. The van der Waals surface area contributed by atoms with Crippen LogP contribution in [0.25, 0.3) is 0 Å². The maximum atomic E-state index is 5.77. The number of ether oxygens (including phenoxy) is 2. The number of nitrogen functional groups attached to an aromatic ring is 1. The molecule has 18 heavy (non-hydrogen) atoms. The van der Waals surface area contributed by atoms with E-state index < -0.39 is 0 Å². The molecule has 1 aromatic heterocycles. The van der Waals surface area contributed by atoms with Gasteiger partial charge in [-0.3, -0.25) is 5.43 Å². The number of aromatic nitrogens is 3. The van der Waals surface area contributed by atoms with Gasteiger partial charge in [0.15, 0.2) is 0 Å². The number of hydrogen-bond donors (Lipinski definition) is 2. The summed E-state index contributed by atoms with van der Waals surface area (Å²) in [6.45, 7) is 2.23. The third kappa shape index (κ3) is 3.19. The van der Waals surface area contributed by atoms with Crippen LogP contribution < -0.4 is 20.7 Å². The second-order valence-electron chi connectivity index (χ2n) is 4.58. The molecule has 1 aromatic rings. The Hall–Kier alpha value is -1.63. The minimum absolute atomic E-state index is 0.159. The number of hydrazine groups is 1. The van der Waals surface area contributed by atoms with E-state index >= 15 is 0 Å². The van der Waals surface area contributed by atoms with E-state index in [0.29, 0.717) is 5.92 Å². The summed E-state index contributed by atoms with van der Waals surface area (Å²) in [5.41, 5.74) is 2.37. The van der Waals surface area contributed by atoms with Gasteiger partial charge in [-0.25, -0.2) is 5.84 Å². The molecule has 1 saturated carbocycles. The van der Waals surface area contributed by atoms with Crippen molar-refractivity contribution in [2.45, 2.75) is 38.7 Å². The SMILES string of the molecule is COc1nc(NN)nc(OC2CCCC(C)C2)n1. The highest BCUT2D eigenvalue weighted by Gasteiger charge is 2.21. The monoisotopic (exact) mass is 253 g/mol. The van der Waals surface area contributed by atoms with Gasteiger partial charge in [0.25, 0.3) is 0 Å². The number of anilines is 1. The van der Waals surface area contributed by atoms with Crippen molar-refractivity contribution < 1.29 is 9.47 Å². The molecule has 0 aliphatic heterocycles. The van der Waals surface area contributed by atoms with E-state index in [4.69, 9.17) is 15.3 Å². The van der Waals surface area contributed by atoms with Crippen molar-refractivity contribution in [3.05, 3.63) is 0 Å². The Labute approximate surface area is 106 Å². The summed E-state index contributed by atoms with van der Waals surface area (Å²) < 4.78 is 10.7. The minimum atomic E-state index is 0.159. The highest BCUT2D eigenvalue weighted by Crippen LogP contribution is 2.26. The summed E-state index contributed by atoms with van der Waals surface area (Å²) in [5, 5.41) is 0. The Morgan fingerprint density at radius 1 is 1.22 bits per heavy atom. The highest BCUT2D eigenvalue weighted by molar-refractivity contribution is 5.25. The first kappa shape index (κ1) is 12.8. The molecule has 2 unspecified atom stereocenters. The summed E-state index contributed by atoms with van der Waals surface area (Å²) in [5.74, 6) is 6.20. The fourth-order valence-corrected chi connectivity index (χ4v) is 2.18. The van der Waals surface area contributed by atoms with Crippen LogP contribution in [0.1, 0.15) is 32.6 Å². The first-order valence-corrected chi connectivity index (χ1v) is 6.14. The van der Waals surface area contributed by atoms with Gasteiger partial charge in [0.2, 0.25) is 5.95 Å². The lowest BCUT2D eigenvalue weighted by molar-refractivity contribution is 0.117. The molecule has 1 aliphatic rings. The van der Waals surface area contributed by atoms with Crippen molar-refractivity contribution in [2.75, 3.05) is 12.5 Å². The molecule has 3 N–H and O–H groups in total. The summed E-state index contributed by atoms with van der Waals surface area (Å²) in [4.78, 5) is 12.0. The van der Waals surface area contributed by atoms with Crippen LogP contribution in [0.15, 0.2) is 0 Å². The van der Waals surface area contributed by atoms with Crippen molar-refractivity contribution in [3.8, 4) is 12.0 Å². The molecule has 1 heterocycles. The quantitative estimate of drug-likeness (QED) is 0.613. The van der Waals surface area contributed by atoms with Gasteiger partial charge in [-0.15, -0.1) is 4.98 Å². The highest BCUT2D eigenvalue weighted by atomic mass is 16.5. The molecule has 7 heteroatoms. The molecular formula is C11H19N5O2. The van der Waals surface area contributed by atoms with Gasteiger partial charge >= 0.3 is 12.0 Å². The van der Waals surface area contributed by atoms with Gasteiger partial charge in [-0.2, -0.15) is 9.97 Å². The zero-order valence-electron chi connectivity index (χ0n) is 10.7. The third-order valence-electron chi connectivity index (χ3n) is 3.07. The van der Waals surface area contributed by atoms with Gasteiger partial charge in [0.05, 0.1) is 7.11 Å². The Balaban J connectivity index is 2.07. The first-order valence-electron chi connectivity index (χ1n) is 6.14. The molecular weight excluding hydrogens is 234 g/mol. The Morgan fingerprint density at radius 2 is 2.00 bits per heavy atom. The molecule has 0 bridgehead atoms. The Bertz CT molecular complexity index is 379. The third-order valence-corrected chi connectivity index (χ3v) is 3.07. The van der Waals surface area contributed by atoms with Crippen LogP contribution in [0, 0.1) is 5.92 Å². The molecule has 1 aliphatic carbocycles. The number of nitrogens with two attached hydrogens (primary N) is 1. The normalized spacial score (nSPS) is 23.5. The summed E-state index contributed by atoms with van der Waals surface area (Å²) >= 11 is 0. The zero-order valence-corrected chi connectivity index (χ0v) is 10.7. The predicted octanol–water partition coefficient (Wildman–Crippen LogP) is 1.12. The largest absolute Gasteiger partial charge is 0.467 e.